The molecule has 4 N–H and O–H groups in total. The molecule has 1 amide bonds. The Bertz CT molecular complexity index is 1160. The van der Waals surface area contributed by atoms with Gasteiger partial charge in [0, 0.05) is 10.4 Å². The highest BCUT2D eigenvalue weighted by atomic mass is 35.5. The number of rotatable bonds is 4. The zero-order valence-electron chi connectivity index (χ0n) is 13.2. The Labute approximate surface area is 156 Å². The highest BCUT2D eigenvalue weighted by Gasteiger charge is 2.27. The summed E-state index contributed by atoms with van der Waals surface area (Å²) in [6.45, 7) is 0. The van der Waals surface area contributed by atoms with Gasteiger partial charge in [-0.1, -0.05) is 11.6 Å². The van der Waals surface area contributed by atoms with Gasteiger partial charge < -0.3 is 10.8 Å². The number of nitrogens with zero attached hydrogens (tertiary/aromatic N) is 1. The molecule has 0 aliphatic rings. The van der Waals surface area contributed by atoms with E-state index >= 15 is 0 Å². The van der Waals surface area contributed by atoms with Crippen molar-refractivity contribution < 1.29 is 23.1 Å². The summed E-state index contributed by atoms with van der Waals surface area (Å²) in [4.78, 5) is 24.6. The first kappa shape index (κ1) is 18.4. The molecule has 0 unspecified atom stereocenters. The molecule has 3 aromatic rings. The number of primary amides is 1. The molecular weight excluding hydrogens is 402 g/mol. The van der Waals surface area contributed by atoms with Crippen LogP contribution in [0.3, 0.4) is 0 Å². The SMILES string of the molecule is CNS(=O)(=O)c1ccc(C(=O)c2c(O)n(C(N)=O)c3ccc(Cl)cc23)s1. The lowest BCUT2D eigenvalue weighted by Crippen LogP contribution is -2.18. The van der Waals surface area contributed by atoms with E-state index < -0.39 is 27.7 Å². The molecule has 0 radical (unpaired) electrons. The summed E-state index contributed by atoms with van der Waals surface area (Å²) in [7, 11) is -2.45. The highest BCUT2D eigenvalue weighted by molar-refractivity contribution is 7.91. The second-order valence-corrected chi connectivity index (χ2v) is 8.82. The molecular formula is C15H12ClN3O5S2. The van der Waals surface area contributed by atoms with E-state index in [1.165, 1.54) is 37.4 Å². The predicted octanol–water partition coefficient (Wildman–Crippen LogP) is 2.13. The monoisotopic (exact) mass is 413 g/mol. The maximum Gasteiger partial charge on any atom is 0.326 e. The Hall–Kier alpha value is -2.40. The summed E-state index contributed by atoms with van der Waals surface area (Å²) < 4.78 is 26.6. The fourth-order valence-electron chi connectivity index (χ4n) is 2.51. The van der Waals surface area contributed by atoms with Gasteiger partial charge in [-0.3, -0.25) is 4.79 Å². The minimum Gasteiger partial charge on any atom is -0.494 e. The number of amides is 1. The van der Waals surface area contributed by atoms with Crippen LogP contribution in [0.25, 0.3) is 10.9 Å². The van der Waals surface area contributed by atoms with Crippen molar-refractivity contribution in [2.75, 3.05) is 7.05 Å². The lowest BCUT2D eigenvalue weighted by molar-refractivity contribution is 0.104. The Morgan fingerprint density at radius 1 is 1.27 bits per heavy atom. The van der Waals surface area contributed by atoms with Gasteiger partial charge in [0.05, 0.1) is 16.0 Å². The van der Waals surface area contributed by atoms with Crippen LogP contribution < -0.4 is 10.5 Å². The molecule has 3 rings (SSSR count). The number of aromatic hydroxyl groups is 1. The van der Waals surface area contributed by atoms with Crippen molar-refractivity contribution in [1.82, 2.24) is 9.29 Å². The fourth-order valence-corrected chi connectivity index (χ4v) is 4.77. The maximum absolute atomic E-state index is 12.9. The van der Waals surface area contributed by atoms with Gasteiger partial charge in [-0.2, -0.15) is 0 Å². The van der Waals surface area contributed by atoms with Crippen molar-refractivity contribution in [2.24, 2.45) is 5.73 Å². The van der Waals surface area contributed by atoms with Gasteiger partial charge in [0.25, 0.3) is 0 Å². The summed E-state index contributed by atoms with van der Waals surface area (Å²) in [5, 5.41) is 10.9. The zero-order chi connectivity index (χ0) is 19.2. The van der Waals surface area contributed by atoms with Crippen LogP contribution in [0, 0.1) is 0 Å². The summed E-state index contributed by atoms with van der Waals surface area (Å²) >= 11 is 6.70. The molecule has 2 heterocycles. The number of benzene rings is 1. The Morgan fingerprint density at radius 2 is 1.96 bits per heavy atom. The first-order valence-electron chi connectivity index (χ1n) is 7.08. The van der Waals surface area contributed by atoms with Crippen molar-refractivity contribution in [2.45, 2.75) is 4.21 Å². The zero-order valence-corrected chi connectivity index (χ0v) is 15.6. The summed E-state index contributed by atoms with van der Waals surface area (Å²) in [5.41, 5.74) is 5.31. The van der Waals surface area contributed by atoms with Crippen molar-refractivity contribution >= 4 is 55.7 Å². The second kappa shape index (κ2) is 6.40. The van der Waals surface area contributed by atoms with Crippen LogP contribution in [-0.4, -0.2) is 37.0 Å². The normalized spacial score (nSPS) is 11.8. The van der Waals surface area contributed by atoms with E-state index in [1.807, 2.05) is 0 Å². The van der Waals surface area contributed by atoms with E-state index in [0.29, 0.717) is 0 Å². The molecule has 2 aromatic heterocycles. The van der Waals surface area contributed by atoms with E-state index in [-0.39, 0.29) is 30.6 Å². The molecule has 8 nitrogen and oxygen atoms in total. The smallest absolute Gasteiger partial charge is 0.326 e. The number of carbonyl (C=O) groups is 2. The number of hydrogen-bond acceptors (Lipinski definition) is 6. The number of ketones is 1. The largest absolute Gasteiger partial charge is 0.494 e. The molecule has 26 heavy (non-hydrogen) atoms. The van der Waals surface area contributed by atoms with Crippen LogP contribution in [0.1, 0.15) is 15.2 Å². The second-order valence-electron chi connectivity index (χ2n) is 5.19. The summed E-state index contributed by atoms with van der Waals surface area (Å²) in [6.07, 6.45) is 0. The summed E-state index contributed by atoms with van der Waals surface area (Å²) in [6, 6.07) is 5.99. The quantitative estimate of drug-likeness (QED) is 0.564. The first-order chi connectivity index (χ1) is 12.2. The topological polar surface area (TPSA) is 131 Å². The van der Waals surface area contributed by atoms with Gasteiger partial charge in [-0.25, -0.2) is 22.5 Å². The molecule has 1 aromatic carbocycles. The predicted molar refractivity (Wildman–Crippen MR) is 97.6 cm³/mol. The van der Waals surface area contributed by atoms with Crippen LogP contribution in [0.4, 0.5) is 4.79 Å². The molecule has 0 aliphatic carbocycles. The molecule has 136 valence electrons. The van der Waals surface area contributed by atoms with Crippen LogP contribution >= 0.6 is 22.9 Å². The van der Waals surface area contributed by atoms with Crippen LogP contribution in [0.2, 0.25) is 5.02 Å². The standard InChI is InChI=1S/C15H12ClN3O5S2/c1-18-26(23,24)11-5-4-10(25-11)13(20)12-8-6-7(16)2-3-9(8)19(14(12)21)15(17)22/h2-6,18,21H,1H3,(H2,17,22). The average molecular weight is 414 g/mol. The summed E-state index contributed by atoms with van der Waals surface area (Å²) in [5.74, 6) is -1.29. The van der Waals surface area contributed by atoms with Crippen molar-refractivity contribution in [3.05, 3.63) is 45.8 Å². The van der Waals surface area contributed by atoms with Crippen molar-refractivity contribution in [1.29, 1.82) is 0 Å². The van der Waals surface area contributed by atoms with Crippen molar-refractivity contribution in [3.8, 4) is 5.88 Å². The van der Waals surface area contributed by atoms with E-state index in [4.69, 9.17) is 17.3 Å². The maximum atomic E-state index is 12.9. The van der Waals surface area contributed by atoms with Gasteiger partial charge in [-0.15, -0.1) is 11.3 Å². The number of sulfonamides is 1. The molecule has 0 atom stereocenters. The average Bonchev–Trinajstić information content (AvgIpc) is 3.17. The van der Waals surface area contributed by atoms with E-state index in [0.717, 1.165) is 15.9 Å². The minimum absolute atomic E-state index is 0.0560. The molecule has 0 fully saturated rings. The Kier molecular flexibility index (Phi) is 4.53. The molecule has 0 saturated heterocycles. The molecule has 0 spiro atoms. The fraction of sp³-hybridized carbons (Fsp3) is 0.0667. The number of aromatic nitrogens is 1. The Balaban J connectivity index is 2.22. The third-order valence-electron chi connectivity index (χ3n) is 3.69. The lowest BCUT2D eigenvalue weighted by atomic mass is 10.1. The third kappa shape index (κ3) is 2.86. The van der Waals surface area contributed by atoms with E-state index in [9.17, 15) is 23.1 Å². The number of nitrogens with two attached hydrogens (primary N) is 1. The van der Waals surface area contributed by atoms with Gasteiger partial charge >= 0.3 is 6.03 Å². The number of carbonyl (C=O) groups excluding carboxylic acids is 2. The van der Waals surface area contributed by atoms with Crippen LogP contribution in [0.5, 0.6) is 5.88 Å². The molecule has 0 bridgehead atoms. The number of hydrogen-bond donors (Lipinski definition) is 3. The van der Waals surface area contributed by atoms with Gasteiger partial charge in [-0.05, 0) is 37.4 Å². The van der Waals surface area contributed by atoms with E-state index in [2.05, 4.69) is 4.72 Å². The van der Waals surface area contributed by atoms with Gasteiger partial charge in [0.1, 0.15) is 4.21 Å². The molecule has 0 saturated carbocycles. The molecule has 11 heteroatoms. The molecule has 0 aliphatic heterocycles. The third-order valence-corrected chi connectivity index (χ3v) is 6.92. The van der Waals surface area contributed by atoms with Crippen LogP contribution in [0.15, 0.2) is 34.5 Å². The van der Waals surface area contributed by atoms with Gasteiger partial charge in [0.15, 0.2) is 0 Å². The first-order valence-corrected chi connectivity index (χ1v) is 9.76. The van der Waals surface area contributed by atoms with Gasteiger partial charge in [0.2, 0.25) is 21.7 Å². The number of nitrogens with one attached hydrogen (secondary N) is 1. The number of fused-ring (bicyclic) bond motifs is 1. The highest BCUT2D eigenvalue weighted by Crippen LogP contribution is 2.36. The minimum atomic E-state index is -3.71. The number of halogens is 1. The lowest BCUT2D eigenvalue weighted by Gasteiger charge is -2.00. The van der Waals surface area contributed by atoms with E-state index in [1.54, 1.807) is 0 Å². The van der Waals surface area contributed by atoms with Crippen molar-refractivity contribution in [3.63, 3.8) is 0 Å². The Morgan fingerprint density at radius 3 is 2.58 bits per heavy atom. The number of thiophene rings is 1. The van der Waals surface area contributed by atoms with Crippen LogP contribution in [-0.2, 0) is 10.0 Å².